The third-order valence-electron chi connectivity index (χ3n) is 2.61. The maximum atomic E-state index is 13.6. The molecular formula is C14H11BrClFO2. The lowest BCUT2D eigenvalue weighted by atomic mass is 10.2. The SMILES string of the molecule is OCc1cccc(Cl)c1OCc1ccc(Br)cc1F. The molecule has 0 aliphatic rings. The van der Waals surface area contributed by atoms with E-state index < -0.39 is 0 Å². The van der Waals surface area contributed by atoms with Crippen LogP contribution in [0.15, 0.2) is 40.9 Å². The molecule has 0 heterocycles. The lowest BCUT2D eigenvalue weighted by Crippen LogP contribution is -2.01. The second kappa shape index (κ2) is 6.37. The lowest BCUT2D eigenvalue weighted by Gasteiger charge is -2.12. The maximum Gasteiger partial charge on any atom is 0.143 e. The Labute approximate surface area is 123 Å². The second-order valence-electron chi connectivity index (χ2n) is 3.91. The lowest BCUT2D eigenvalue weighted by molar-refractivity contribution is 0.257. The molecule has 1 N–H and O–H groups in total. The number of aliphatic hydroxyl groups excluding tert-OH is 1. The van der Waals surface area contributed by atoms with Crippen LogP contribution < -0.4 is 4.74 Å². The van der Waals surface area contributed by atoms with E-state index in [9.17, 15) is 9.50 Å². The standard InChI is InChI=1S/C14H11BrClFO2/c15-11-5-4-10(13(17)6-11)8-19-14-9(7-18)2-1-3-12(14)16/h1-6,18H,7-8H2. The van der Waals surface area contributed by atoms with Crippen LogP contribution in [-0.2, 0) is 13.2 Å². The summed E-state index contributed by atoms with van der Waals surface area (Å²) in [5.74, 6) is 0.0287. The summed E-state index contributed by atoms with van der Waals surface area (Å²) >= 11 is 9.19. The van der Waals surface area contributed by atoms with Crippen LogP contribution in [0.1, 0.15) is 11.1 Å². The van der Waals surface area contributed by atoms with E-state index in [2.05, 4.69) is 15.9 Å². The minimum absolute atomic E-state index is 0.0514. The van der Waals surface area contributed by atoms with Crippen molar-refractivity contribution in [3.63, 3.8) is 0 Å². The molecule has 0 bridgehead atoms. The molecule has 5 heteroatoms. The largest absolute Gasteiger partial charge is 0.487 e. The fourth-order valence-electron chi connectivity index (χ4n) is 1.63. The molecule has 2 nitrogen and oxygen atoms in total. The van der Waals surface area contributed by atoms with Crippen LogP contribution in [-0.4, -0.2) is 5.11 Å². The quantitative estimate of drug-likeness (QED) is 0.894. The molecule has 0 aliphatic carbocycles. The molecule has 2 aromatic rings. The predicted octanol–water partition coefficient (Wildman–Crippen LogP) is 4.31. The fourth-order valence-corrected chi connectivity index (χ4v) is 2.21. The Bertz CT molecular complexity index is 590. The van der Waals surface area contributed by atoms with E-state index >= 15 is 0 Å². The van der Waals surface area contributed by atoms with Gasteiger partial charge in [0.05, 0.1) is 11.6 Å². The fraction of sp³-hybridized carbons (Fsp3) is 0.143. The highest BCUT2D eigenvalue weighted by atomic mass is 79.9. The van der Waals surface area contributed by atoms with Gasteiger partial charge in [-0.05, 0) is 18.2 Å². The summed E-state index contributed by atoms with van der Waals surface area (Å²) in [5, 5.41) is 9.60. The highest BCUT2D eigenvalue weighted by molar-refractivity contribution is 9.10. The van der Waals surface area contributed by atoms with Crippen molar-refractivity contribution in [3.8, 4) is 5.75 Å². The van der Waals surface area contributed by atoms with E-state index in [1.165, 1.54) is 6.07 Å². The molecule has 0 radical (unpaired) electrons. The van der Waals surface area contributed by atoms with Crippen molar-refractivity contribution in [3.05, 3.63) is 62.8 Å². The molecule has 0 saturated carbocycles. The molecule has 0 fully saturated rings. The number of hydrogen-bond donors (Lipinski definition) is 1. The number of halogens is 3. The normalized spacial score (nSPS) is 10.5. The van der Waals surface area contributed by atoms with Gasteiger partial charge in [0.2, 0.25) is 0 Å². The maximum absolute atomic E-state index is 13.6. The molecule has 0 aliphatic heterocycles. The second-order valence-corrected chi connectivity index (χ2v) is 5.23. The van der Waals surface area contributed by atoms with Crippen LogP contribution in [0.25, 0.3) is 0 Å². The summed E-state index contributed by atoms with van der Waals surface area (Å²) in [4.78, 5) is 0. The number of para-hydroxylation sites is 1. The minimum atomic E-state index is -0.355. The Morgan fingerprint density at radius 1 is 1.21 bits per heavy atom. The van der Waals surface area contributed by atoms with Gasteiger partial charge in [0.15, 0.2) is 0 Å². The van der Waals surface area contributed by atoms with Gasteiger partial charge in [0.25, 0.3) is 0 Å². The number of aliphatic hydroxyl groups is 1. The van der Waals surface area contributed by atoms with Crippen LogP contribution in [0.3, 0.4) is 0 Å². The topological polar surface area (TPSA) is 29.5 Å². The van der Waals surface area contributed by atoms with Crippen molar-refractivity contribution in [1.82, 2.24) is 0 Å². The van der Waals surface area contributed by atoms with Crippen molar-refractivity contribution < 1.29 is 14.2 Å². The molecule has 2 rings (SSSR count). The first-order valence-electron chi connectivity index (χ1n) is 5.57. The van der Waals surface area contributed by atoms with Gasteiger partial charge in [-0.25, -0.2) is 4.39 Å². The summed E-state index contributed by atoms with van der Waals surface area (Å²) in [6.07, 6.45) is 0. The Morgan fingerprint density at radius 3 is 2.68 bits per heavy atom. The van der Waals surface area contributed by atoms with E-state index in [4.69, 9.17) is 16.3 Å². The Morgan fingerprint density at radius 2 is 2.00 bits per heavy atom. The van der Waals surface area contributed by atoms with E-state index in [1.54, 1.807) is 30.3 Å². The zero-order valence-electron chi connectivity index (χ0n) is 9.87. The molecule has 0 unspecified atom stereocenters. The molecule has 0 amide bonds. The summed E-state index contributed by atoms with van der Waals surface area (Å²) in [5.41, 5.74) is 0.997. The smallest absolute Gasteiger partial charge is 0.143 e. The monoisotopic (exact) mass is 344 g/mol. The third kappa shape index (κ3) is 3.47. The first-order valence-corrected chi connectivity index (χ1v) is 6.74. The summed E-state index contributed by atoms with van der Waals surface area (Å²) < 4.78 is 19.8. The number of benzene rings is 2. The number of ether oxygens (including phenoxy) is 1. The van der Waals surface area contributed by atoms with Crippen LogP contribution in [0.5, 0.6) is 5.75 Å². The van der Waals surface area contributed by atoms with E-state index in [-0.39, 0.29) is 19.0 Å². The van der Waals surface area contributed by atoms with Crippen molar-refractivity contribution in [2.24, 2.45) is 0 Å². The predicted molar refractivity (Wildman–Crippen MR) is 75.8 cm³/mol. The molecule has 100 valence electrons. The van der Waals surface area contributed by atoms with Gasteiger partial charge in [-0.1, -0.05) is 45.7 Å². The van der Waals surface area contributed by atoms with Crippen molar-refractivity contribution in [1.29, 1.82) is 0 Å². The van der Waals surface area contributed by atoms with Crippen molar-refractivity contribution in [2.75, 3.05) is 0 Å². The molecular weight excluding hydrogens is 335 g/mol. The van der Waals surface area contributed by atoms with Gasteiger partial charge >= 0.3 is 0 Å². The third-order valence-corrected chi connectivity index (χ3v) is 3.40. The first-order chi connectivity index (χ1) is 9.11. The van der Waals surface area contributed by atoms with E-state index in [0.717, 1.165) is 0 Å². The number of rotatable bonds is 4. The zero-order valence-corrected chi connectivity index (χ0v) is 12.2. The Kier molecular flexibility index (Phi) is 4.80. The van der Waals surface area contributed by atoms with Gasteiger partial charge < -0.3 is 9.84 Å². The van der Waals surface area contributed by atoms with Crippen molar-refractivity contribution >= 4 is 27.5 Å². The zero-order chi connectivity index (χ0) is 13.8. The van der Waals surface area contributed by atoms with Crippen LogP contribution in [0.2, 0.25) is 5.02 Å². The average molecular weight is 346 g/mol. The van der Waals surface area contributed by atoms with Gasteiger partial charge in [-0.15, -0.1) is 0 Å². The first kappa shape index (κ1) is 14.3. The molecule has 2 aromatic carbocycles. The molecule has 19 heavy (non-hydrogen) atoms. The average Bonchev–Trinajstić information content (AvgIpc) is 2.39. The minimum Gasteiger partial charge on any atom is -0.487 e. The van der Waals surface area contributed by atoms with Crippen LogP contribution in [0.4, 0.5) is 4.39 Å². The van der Waals surface area contributed by atoms with Gasteiger partial charge in [-0.2, -0.15) is 0 Å². The highest BCUT2D eigenvalue weighted by Gasteiger charge is 2.09. The summed E-state index contributed by atoms with van der Waals surface area (Å²) in [6, 6.07) is 9.84. The molecule has 0 spiro atoms. The van der Waals surface area contributed by atoms with Gasteiger partial charge in [0, 0.05) is 15.6 Å². The summed E-state index contributed by atoms with van der Waals surface area (Å²) in [7, 11) is 0. The van der Waals surface area contributed by atoms with Crippen LogP contribution >= 0.6 is 27.5 Å². The highest BCUT2D eigenvalue weighted by Crippen LogP contribution is 2.29. The van der Waals surface area contributed by atoms with E-state index in [1.807, 2.05) is 0 Å². The molecule has 0 aromatic heterocycles. The van der Waals surface area contributed by atoms with Crippen molar-refractivity contribution in [2.45, 2.75) is 13.2 Å². The number of hydrogen-bond acceptors (Lipinski definition) is 2. The van der Waals surface area contributed by atoms with Crippen LogP contribution in [0, 0.1) is 5.82 Å². The molecule has 0 saturated heterocycles. The Balaban J connectivity index is 2.19. The van der Waals surface area contributed by atoms with Gasteiger partial charge in [-0.3, -0.25) is 0 Å². The summed E-state index contributed by atoms with van der Waals surface area (Å²) in [6.45, 7) is -0.130. The molecule has 0 atom stereocenters. The Hall–Kier alpha value is -1.10. The van der Waals surface area contributed by atoms with Gasteiger partial charge in [0.1, 0.15) is 18.2 Å². The van der Waals surface area contributed by atoms with E-state index in [0.29, 0.717) is 26.4 Å².